The van der Waals surface area contributed by atoms with Gasteiger partial charge in [-0.2, -0.15) is 0 Å². The SMILES string of the molecule is CCCN1C(=O)/C(=C\c2ccc(-c3cccc(Cl)c3Cl)o2)c2ccccc21. The van der Waals surface area contributed by atoms with Crippen LogP contribution in [0, 0.1) is 0 Å². The van der Waals surface area contributed by atoms with Crippen molar-refractivity contribution < 1.29 is 9.21 Å². The highest BCUT2D eigenvalue weighted by Crippen LogP contribution is 2.39. The van der Waals surface area contributed by atoms with E-state index in [0.717, 1.165) is 23.2 Å². The van der Waals surface area contributed by atoms with Crippen molar-refractivity contribution in [1.82, 2.24) is 0 Å². The Bertz CT molecular complexity index is 1050. The van der Waals surface area contributed by atoms with Crippen LogP contribution in [0.25, 0.3) is 23.0 Å². The molecule has 2 heterocycles. The quantitative estimate of drug-likeness (QED) is 0.467. The molecule has 5 heteroatoms. The maximum atomic E-state index is 12.9. The van der Waals surface area contributed by atoms with E-state index in [9.17, 15) is 4.79 Å². The fraction of sp³-hybridized carbons (Fsp3) is 0.136. The minimum absolute atomic E-state index is 0.00297. The number of para-hydroxylation sites is 1. The molecule has 0 saturated heterocycles. The van der Waals surface area contributed by atoms with Gasteiger partial charge in [-0.05, 0) is 42.8 Å². The Kier molecular flexibility index (Phi) is 4.81. The molecule has 1 aliphatic heterocycles. The third kappa shape index (κ3) is 3.18. The molecule has 2 aromatic carbocycles. The van der Waals surface area contributed by atoms with Crippen LogP contribution in [0.15, 0.2) is 59.0 Å². The first kappa shape index (κ1) is 17.9. The van der Waals surface area contributed by atoms with Crippen molar-refractivity contribution in [3.8, 4) is 11.3 Å². The molecule has 1 aromatic heterocycles. The van der Waals surface area contributed by atoms with Crippen LogP contribution in [-0.2, 0) is 4.79 Å². The second-order valence-corrected chi connectivity index (χ2v) is 7.12. The second-order valence-electron chi connectivity index (χ2n) is 6.34. The first-order valence-electron chi connectivity index (χ1n) is 8.77. The van der Waals surface area contributed by atoms with E-state index in [1.54, 1.807) is 12.1 Å². The lowest BCUT2D eigenvalue weighted by molar-refractivity contribution is -0.113. The molecule has 0 aliphatic carbocycles. The lowest BCUT2D eigenvalue weighted by atomic mass is 10.1. The molecule has 136 valence electrons. The largest absolute Gasteiger partial charge is 0.457 e. The summed E-state index contributed by atoms with van der Waals surface area (Å²) in [4.78, 5) is 14.7. The molecule has 3 nitrogen and oxygen atoms in total. The van der Waals surface area contributed by atoms with Crippen LogP contribution >= 0.6 is 23.2 Å². The molecule has 4 rings (SSSR count). The van der Waals surface area contributed by atoms with Crippen LogP contribution in [-0.4, -0.2) is 12.5 Å². The highest BCUT2D eigenvalue weighted by molar-refractivity contribution is 6.43. The van der Waals surface area contributed by atoms with Gasteiger partial charge in [0, 0.05) is 17.7 Å². The number of fused-ring (bicyclic) bond motifs is 1. The number of benzene rings is 2. The van der Waals surface area contributed by atoms with E-state index in [4.69, 9.17) is 27.6 Å². The summed E-state index contributed by atoms with van der Waals surface area (Å²) in [7, 11) is 0. The number of furan rings is 1. The molecule has 0 radical (unpaired) electrons. The Hall–Kier alpha value is -2.49. The van der Waals surface area contributed by atoms with Gasteiger partial charge in [-0.1, -0.05) is 54.4 Å². The molecule has 1 amide bonds. The zero-order valence-electron chi connectivity index (χ0n) is 14.7. The van der Waals surface area contributed by atoms with Gasteiger partial charge in [0.2, 0.25) is 0 Å². The molecule has 27 heavy (non-hydrogen) atoms. The van der Waals surface area contributed by atoms with Gasteiger partial charge in [0.15, 0.2) is 0 Å². The molecule has 0 atom stereocenters. The Morgan fingerprint density at radius 1 is 1.00 bits per heavy atom. The van der Waals surface area contributed by atoms with Gasteiger partial charge in [0.1, 0.15) is 11.5 Å². The zero-order valence-corrected chi connectivity index (χ0v) is 16.2. The minimum atomic E-state index is -0.00297. The monoisotopic (exact) mass is 397 g/mol. The molecular formula is C22H17Cl2NO2. The zero-order chi connectivity index (χ0) is 19.0. The van der Waals surface area contributed by atoms with Crippen LogP contribution in [0.2, 0.25) is 10.0 Å². The second kappa shape index (κ2) is 7.26. The van der Waals surface area contributed by atoms with Crippen LogP contribution in [0.4, 0.5) is 5.69 Å². The summed E-state index contributed by atoms with van der Waals surface area (Å²) >= 11 is 12.4. The summed E-state index contributed by atoms with van der Waals surface area (Å²) in [5.41, 5.74) is 3.23. The third-order valence-corrected chi connectivity index (χ3v) is 5.36. The first-order chi connectivity index (χ1) is 13.1. The van der Waals surface area contributed by atoms with Gasteiger partial charge in [0.25, 0.3) is 5.91 Å². The van der Waals surface area contributed by atoms with Gasteiger partial charge < -0.3 is 9.32 Å². The summed E-state index contributed by atoms with van der Waals surface area (Å²) < 4.78 is 5.94. The van der Waals surface area contributed by atoms with Crippen molar-refractivity contribution in [2.45, 2.75) is 13.3 Å². The number of amides is 1. The van der Waals surface area contributed by atoms with Crippen LogP contribution < -0.4 is 4.90 Å². The maximum absolute atomic E-state index is 12.9. The average Bonchev–Trinajstić information content (AvgIpc) is 3.23. The highest BCUT2D eigenvalue weighted by atomic mass is 35.5. The summed E-state index contributed by atoms with van der Waals surface area (Å²) in [5, 5.41) is 0.921. The highest BCUT2D eigenvalue weighted by Gasteiger charge is 2.31. The molecule has 0 unspecified atom stereocenters. The summed E-state index contributed by atoms with van der Waals surface area (Å²) in [6.07, 6.45) is 2.68. The van der Waals surface area contributed by atoms with Crippen LogP contribution in [0.1, 0.15) is 24.7 Å². The van der Waals surface area contributed by atoms with Crippen LogP contribution in [0.5, 0.6) is 0 Å². The Morgan fingerprint density at radius 2 is 1.78 bits per heavy atom. The van der Waals surface area contributed by atoms with Gasteiger partial charge >= 0.3 is 0 Å². The third-order valence-electron chi connectivity index (χ3n) is 4.54. The summed E-state index contributed by atoms with van der Waals surface area (Å²) in [5.74, 6) is 1.20. The summed E-state index contributed by atoms with van der Waals surface area (Å²) in [6.45, 7) is 2.75. The lowest BCUT2D eigenvalue weighted by Crippen LogP contribution is -2.26. The van der Waals surface area contributed by atoms with E-state index < -0.39 is 0 Å². The minimum Gasteiger partial charge on any atom is -0.457 e. The van der Waals surface area contributed by atoms with Crippen LogP contribution in [0.3, 0.4) is 0 Å². The van der Waals surface area contributed by atoms with Crippen molar-refractivity contribution in [2.75, 3.05) is 11.4 Å². The fourth-order valence-electron chi connectivity index (χ4n) is 3.30. The van der Waals surface area contributed by atoms with E-state index in [1.165, 1.54) is 0 Å². The normalized spacial score (nSPS) is 14.9. The predicted molar refractivity (Wildman–Crippen MR) is 111 cm³/mol. The van der Waals surface area contributed by atoms with E-state index in [-0.39, 0.29) is 5.91 Å². The molecule has 0 fully saturated rings. The standard InChI is InChI=1S/C22H17Cl2NO2/c1-2-12-25-19-9-4-3-6-15(19)17(22(25)26)13-14-10-11-20(27-14)16-7-5-8-18(23)21(16)24/h3-11,13H,2,12H2,1H3/b17-13-. The number of carbonyl (C=O) groups is 1. The number of anilines is 1. The van der Waals surface area contributed by atoms with Gasteiger partial charge in [-0.3, -0.25) is 4.79 Å². The molecule has 0 saturated carbocycles. The molecular weight excluding hydrogens is 381 g/mol. The number of hydrogen-bond donors (Lipinski definition) is 0. The Morgan fingerprint density at radius 3 is 2.59 bits per heavy atom. The van der Waals surface area contributed by atoms with Gasteiger partial charge in [-0.25, -0.2) is 0 Å². The maximum Gasteiger partial charge on any atom is 0.259 e. The van der Waals surface area contributed by atoms with Crippen molar-refractivity contribution >= 4 is 46.4 Å². The topological polar surface area (TPSA) is 33.5 Å². The van der Waals surface area contributed by atoms with E-state index in [1.807, 2.05) is 53.4 Å². The fourth-order valence-corrected chi connectivity index (χ4v) is 3.70. The van der Waals surface area contributed by atoms with Crippen molar-refractivity contribution in [2.24, 2.45) is 0 Å². The van der Waals surface area contributed by atoms with Crippen molar-refractivity contribution in [3.63, 3.8) is 0 Å². The van der Waals surface area contributed by atoms with Gasteiger partial charge in [-0.15, -0.1) is 0 Å². The smallest absolute Gasteiger partial charge is 0.259 e. The van der Waals surface area contributed by atoms with E-state index in [2.05, 4.69) is 6.92 Å². The number of rotatable bonds is 4. The number of hydrogen-bond acceptors (Lipinski definition) is 2. The van der Waals surface area contributed by atoms with Crippen molar-refractivity contribution in [1.29, 1.82) is 0 Å². The van der Waals surface area contributed by atoms with E-state index >= 15 is 0 Å². The molecule has 0 bridgehead atoms. The number of nitrogens with zero attached hydrogens (tertiary/aromatic N) is 1. The molecule has 0 spiro atoms. The molecule has 0 N–H and O–H groups in total. The van der Waals surface area contributed by atoms with Gasteiger partial charge in [0.05, 0.1) is 21.3 Å². The lowest BCUT2D eigenvalue weighted by Gasteiger charge is -2.15. The Labute approximate surface area is 167 Å². The summed E-state index contributed by atoms with van der Waals surface area (Å²) in [6, 6.07) is 16.9. The predicted octanol–water partition coefficient (Wildman–Crippen LogP) is 6.55. The average molecular weight is 398 g/mol. The van der Waals surface area contributed by atoms with E-state index in [0.29, 0.717) is 33.7 Å². The molecule has 1 aliphatic rings. The first-order valence-corrected chi connectivity index (χ1v) is 9.53. The van der Waals surface area contributed by atoms with Crippen molar-refractivity contribution in [3.05, 3.63) is 76.0 Å². The number of carbonyl (C=O) groups excluding carboxylic acids is 1. The molecule has 3 aromatic rings. The Balaban J connectivity index is 1.74. The number of halogens is 2.